The predicted octanol–water partition coefficient (Wildman–Crippen LogP) is 1.66. The lowest BCUT2D eigenvalue weighted by Crippen LogP contribution is -2.39. The number of aliphatic carboxylic acids is 1. The van der Waals surface area contributed by atoms with E-state index in [9.17, 15) is 9.59 Å². The summed E-state index contributed by atoms with van der Waals surface area (Å²) >= 11 is 0. The molecule has 1 aliphatic rings. The van der Waals surface area contributed by atoms with Crippen LogP contribution >= 0.6 is 0 Å². The van der Waals surface area contributed by atoms with E-state index >= 15 is 0 Å². The van der Waals surface area contributed by atoms with Crippen molar-refractivity contribution in [3.63, 3.8) is 0 Å². The molecule has 1 fully saturated rings. The molecule has 1 aromatic rings. The second-order valence-corrected chi connectivity index (χ2v) is 5.45. The smallest absolute Gasteiger partial charge is 0.323 e. The molecule has 0 radical (unpaired) electrons. The zero-order chi connectivity index (χ0) is 15.4. The largest absolute Gasteiger partial charge is 0.480 e. The Morgan fingerprint density at radius 2 is 2.10 bits per heavy atom. The van der Waals surface area contributed by atoms with Gasteiger partial charge < -0.3 is 14.7 Å². The molecule has 2 rings (SSSR count). The van der Waals surface area contributed by atoms with E-state index < -0.39 is 5.97 Å². The molecule has 0 spiro atoms. The normalized spacial score (nSPS) is 20.1. The van der Waals surface area contributed by atoms with Gasteiger partial charge in [-0.25, -0.2) is 0 Å². The first-order chi connectivity index (χ1) is 10.0. The molecule has 0 aliphatic heterocycles. The molecule has 0 aromatic heterocycles. The Morgan fingerprint density at radius 3 is 2.71 bits per heavy atom. The quantitative estimate of drug-likeness (QED) is 0.829. The summed E-state index contributed by atoms with van der Waals surface area (Å²) in [5.74, 6) is -0.949. The van der Waals surface area contributed by atoms with E-state index in [0.717, 1.165) is 6.42 Å². The maximum absolute atomic E-state index is 12.4. The van der Waals surface area contributed by atoms with Gasteiger partial charge in [0.25, 0.3) is 0 Å². The highest BCUT2D eigenvalue weighted by Gasteiger charge is 2.46. The lowest BCUT2D eigenvalue weighted by molar-refractivity contribution is -0.145. The number of carbonyl (C=O) groups is 2. The number of aryl methyl sites for hydroxylation is 1. The zero-order valence-corrected chi connectivity index (χ0v) is 12.4. The SMILES string of the molecule is COCCN(CC(=O)O)C(=O)[C@@H]1C[C@H]1c1ccccc1C. The fraction of sp³-hybridized carbons (Fsp3) is 0.500. The number of carboxylic acids is 1. The second-order valence-electron chi connectivity index (χ2n) is 5.45. The number of hydrogen-bond acceptors (Lipinski definition) is 3. The first-order valence-electron chi connectivity index (χ1n) is 7.09. The van der Waals surface area contributed by atoms with Crippen LogP contribution in [0.5, 0.6) is 0 Å². The van der Waals surface area contributed by atoms with E-state index in [1.807, 2.05) is 31.2 Å². The van der Waals surface area contributed by atoms with Crippen molar-refractivity contribution >= 4 is 11.9 Å². The highest BCUT2D eigenvalue weighted by atomic mass is 16.5. The van der Waals surface area contributed by atoms with Gasteiger partial charge in [0.05, 0.1) is 6.61 Å². The fourth-order valence-corrected chi connectivity index (χ4v) is 2.68. The summed E-state index contributed by atoms with van der Waals surface area (Å²) in [5.41, 5.74) is 2.37. The summed E-state index contributed by atoms with van der Waals surface area (Å²) < 4.78 is 4.95. The van der Waals surface area contributed by atoms with Gasteiger partial charge in [0, 0.05) is 19.6 Å². The molecular weight excluding hydrogens is 270 g/mol. The van der Waals surface area contributed by atoms with E-state index in [-0.39, 0.29) is 24.3 Å². The van der Waals surface area contributed by atoms with Gasteiger partial charge in [-0.3, -0.25) is 9.59 Å². The standard InChI is InChI=1S/C16H21NO4/c1-11-5-3-4-6-12(11)13-9-14(13)16(20)17(7-8-21-2)10-15(18)19/h3-6,13-14H,7-10H2,1-2H3,(H,18,19)/t13-,14+/m0/s1. The molecular formula is C16H21NO4. The number of carboxylic acid groups (broad SMARTS) is 1. The minimum atomic E-state index is -0.993. The van der Waals surface area contributed by atoms with Crippen LogP contribution < -0.4 is 0 Å². The van der Waals surface area contributed by atoms with Gasteiger partial charge in [0.1, 0.15) is 6.54 Å². The third-order valence-electron chi connectivity index (χ3n) is 3.90. The molecule has 1 saturated carbocycles. The predicted molar refractivity (Wildman–Crippen MR) is 78.1 cm³/mol. The number of amides is 1. The Labute approximate surface area is 124 Å². The van der Waals surface area contributed by atoms with Gasteiger partial charge >= 0.3 is 5.97 Å². The van der Waals surface area contributed by atoms with Gasteiger partial charge in [-0.2, -0.15) is 0 Å². The van der Waals surface area contributed by atoms with Crippen LogP contribution in [-0.4, -0.2) is 48.7 Å². The number of methoxy groups -OCH3 is 1. The van der Waals surface area contributed by atoms with Crippen LogP contribution in [0.2, 0.25) is 0 Å². The maximum Gasteiger partial charge on any atom is 0.323 e. The molecule has 0 saturated heterocycles. The lowest BCUT2D eigenvalue weighted by atomic mass is 10.0. The van der Waals surface area contributed by atoms with Gasteiger partial charge in [-0.05, 0) is 30.4 Å². The van der Waals surface area contributed by atoms with Crippen molar-refractivity contribution in [3.05, 3.63) is 35.4 Å². The number of carbonyl (C=O) groups excluding carboxylic acids is 1. The molecule has 1 aromatic carbocycles. The van der Waals surface area contributed by atoms with Gasteiger partial charge in [0.2, 0.25) is 5.91 Å². The minimum absolute atomic E-state index is 0.0808. The first kappa shape index (κ1) is 15.5. The average molecular weight is 291 g/mol. The van der Waals surface area contributed by atoms with Gasteiger partial charge in [-0.15, -0.1) is 0 Å². The summed E-state index contributed by atoms with van der Waals surface area (Å²) in [4.78, 5) is 24.7. The molecule has 0 heterocycles. The van der Waals surface area contributed by atoms with Crippen molar-refractivity contribution in [1.29, 1.82) is 0 Å². The van der Waals surface area contributed by atoms with Crippen LogP contribution in [0.4, 0.5) is 0 Å². The van der Waals surface area contributed by atoms with Crippen molar-refractivity contribution < 1.29 is 19.4 Å². The molecule has 5 nitrogen and oxygen atoms in total. The number of nitrogens with zero attached hydrogens (tertiary/aromatic N) is 1. The van der Waals surface area contributed by atoms with Crippen LogP contribution in [0.15, 0.2) is 24.3 Å². The van der Waals surface area contributed by atoms with Crippen molar-refractivity contribution in [2.45, 2.75) is 19.3 Å². The summed E-state index contributed by atoms with van der Waals surface area (Å²) in [6, 6.07) is 8.04. The zero-order valence-electron chi connectivity index (χ0n) is 12.4. The van der Waals surface area contributed by atoms with Crippen LogP contribution in [0.3, 0.4) is 0 Å². The topological polar surface area (TPSA) is 66.8 Å². The van der Waals surface area contributed by atoms with Gasteiger partial charge in [0.15, 0.2) is 0 Å². The van der Waals surface area contributed by atoms with Crippen LogP contribution in [0.25, 0.3) is 0 Å². The number of benzene rings is 1. The number of hydrogen-bond donors (Lipinski definition) is 1. The van der Waals surface area contributed by atoms with Crippen molar-refractivity contribution in [3.8, 4) is 0 Å². The summed E-state index contributed by atoms with van der Waals surface area (Å²) in [6.45, 7) is 2.44. The number of ether oxygens (including phenoxy) is 1. The molecule has 1 aliphatic carbocycles. The van der Waals surface area contributed by atoms with Crippen LogP contribution in [0, 0.1) is 12.8 Å². The van der Waals surface area contributed by atoms with Crippen molar-refractivity contribution in [1.82, 2.24) is 4.90 Å². The summed E-state index contributed by atoms with van der Waals surface area (Å²) in [6.07, 6.45) is 0.798. The van der Waals surface area contributed by atoms with Crippen LogP contribution in [0.1, 0.15) is 23.5 Å². The van der Waals surface area contributed by atoms with E-state index in [1.54, 1.807) is 0 Å². The van der Waals surface area contributed by atoms with E-state index in [0.29, 0.717) is 13.2 Å². The van der Waals surface area contributed by atoms with E-state index in [1.165, 1.54) is 23.1 Å². The third-order valence-corrected chi connectivity index (χ3v) is 3.90. The maximum atomic E-state index is 12.4. The molecule has 1 N–H and O–H groups in total. The Bertz CT molecular complexity index is 529. The molecule has 0 unspecified atom stereocenters. The molecule has 114 valence electrons. The van der Waals surface area contributed by atoms with E-state index in [4.69, 9.17) is 9.84 Å². The Morgan fingerprint density at radius 1 is 1.38 bits per heavy atom. The molecule has 21 heavy (non-hydrogen) atoms. The van der Waals surface area contributed by atoms with E-state index in [2.05, 4.69) is 0 Å². The Balaban J connectivity index is 2.02. The van der Waals surface area contributed by atoms with Crippen molar-refractivity contribution in [2.24, 2.45) is 5.92 Å². The summed E-state index contributed by atoms with van der Waals surface area (Å²) in [7, 11) is 1.54. The fourth-order valence-electron chi connectivity index (χ4n) is 2.68. The Kier molecular flexibility index (Phi) is 4.96. The monoisotopic (exact) mass is 291 g/mol. The van der Waals surface area contributed by atoms with Crippen molar-refractivity contribution in [2.75, 3.05) is 26.8 Å². The Hall–Kier alpha value is -1.88. The molecule has 1 amide bonds. The summed E-state index contributed by atoms with van der Waals surface area (Å²) in [5, 5.41) is 8.93. The molecule has 2 atom stereocenters. The molecule has 5 heteroatoms. The lowest BCUT2D eigenvalue weighted by Gasteiger charge is -2.20. The highest BCUT2D eigenvalue weighted by Crippen LogP contribution is 2.49. The second kappa shape index (κ2) is 6.72. The first-order valence-corrected chi connectivity index (χ1v) is 7.09. The molecule has 0 bridgehead atoms. The van der Waals surface area contributed by atoms with Crippen LogP contribution in [-0.2, 0) is 14.3 Å². The third kappa shape index (κ3) is 3.82. The number of rotatable bonds is 7. The highest BCUT2D eigenvalue weighted by molar-refractivity contribution is 5.86. The minimum Gasteiger partial charge on any atom is -0.480 e. The average Bonchev–Trinajstić information content (AvgIpc) is 3.23. The van der Waals surface area contributed by atoms with Gasteiger partial charge in [-0.1, -0.05) is 24.3 Å².